The van der Waals surface area contributed by atoms with Gasteiger partial charge in [0.1, 0.15) is 12.4 Å². The molecule has 0 saturated carbocycles. The molecule has 0 fully saturated rings. The summed E-state index contributed by atoms with van der Waals surface area (Å²) in [6.07, 6.45) is 4.52. The molecule has 1 aliphatic rings. The van der Waals surface area contributed by atoms with Gasteiger partial charge >= 0.3 is 0 Å². The minimum absolute atomic E-state index is 0.0147. The second kappa shape index (κ2) is 6.57. The maximum Gasteiger partial charge on any atom is 0.229 e. The van der Waals surface area contributed by atoms with Crippen LogP contribution >= 0.6 is 0 Å². The molecule has 0 spiro atoms. The van der Waals surface area contributed by atoms with Gasteiger partial charge in [0.05, 0.1) is 12.5 Å². The molecule has 0 heterocycles. The highest BCUT2D eigenvalue weighted by Crippen LogP contribution is 2.18. The minimum atomic E-state index is -0.0750. The van der Waals surface area contributed by atoms with E-state index in [2.05, 4.69) is 0 Å². The summed E-state index contributed by atoms with van der Waals surface area (Å²) in [6, 6.07) is 7.91. The third-order valence-corrected chi connectivity index (χ3v) is 3.50. The van der Waals surface area contributed by atoms with E-state index in [-0.39, 0.29) is 17.9 Å². The van der Waals surface area contributed by atoms with E-state index in [1.54, 1.807) is 11.9 Å². The van der Waals surface area contributed by atoms with Crippen molar-refractivity contribution in [1.29, 1.82) is 0 Å². The Balaban J connectivity index is 1.76. The predicted octanol–water partition coefficient (Wildman–Crippen LogP) is 1.74. The number of ether oxygens (including phenoxy) is 1. The van der Waals surface area contributed by atoms with Crippen LogP contribution in [0.4, 0.5) is 0 Å². The van der Waals surface area contributed by atoms with Crippen molar-refractivity contribution in [3.8, 4) is 5.75 Å². The summed E-state index contributed by atoms with van der Waals surface area (Å²) in [5.74, 6) is 0.879. The first kappa shape index (κ1) is 14.6. The topological polar surface area (TPSA) is 55.6 Å². The normalized spacial score (nSPS) is 20.9. The van der Waals surface area contributed by atoms with Crippen LogP contribution in [-0.4, -0.2) is 37.0 Å². The average molecular weight is 274 g/mol. The van der Waals surface area contributed by atoms with Gasteiger partial charge in [0.15, 0.2) is 0 Å². The van der Waals surface area contributed by atoms with E-state index in [1.165, 1.54) is 0 Å². The van der Waals surface area contributed by atoms with Crippen molar-refractivity contribution in [2.45, 2.75) is 19.4 Å². The Kier molecular flexibility index (Phi) is 4.79. The minimum Gasteiger partial charge on any atom is -0.492 e. The molecule has 2 unspecified atom stereocenters. The van der Waals surface area contributed by atoms with Crippen LogP contribution in [0.15, 0.2) is 36.4 Å². The van der Waals surface area contributed by atoms with E-state index in [1.807, 2.05) is 43.3 Å². The Morgan fingerprint density at radius 3 is 2.90 bits per heavy atom. The number of nitrogens with zero attached hydrogens (tertiary/aromatic N) is 1. The van der Waals surface area contributed by atoms with Crippen LogP contribution in [0.1, 0.15) is 12.0 Å². The van der Waals surface area contributed by atoms with Crippen molar-refractivity contribution in [3.63, 3.8) is 0 Å². The van der Waals surface area contributed by atoms with Crippen LogP contribution in [0.25, 0.3) is 0 Å². The summed E-state index contributed by atoms with van der Waals surface area (Å²) in [5.41, 5.74) is 6.94. The van der Waals surface area contributed by atoms with Crippen molar-refractivity contribution >= 4 is 5.91 Å². The zero-order valence-electron chi connectivity index (χ0n) is 12.1. The summed E-state index contributed by atoms with van der Waals surface area (Å²) in [5, 5.41) is 0. The molecular formula is C16H22N2O2. The number of likely N-dealkylation sites (N-methyl/N-ethyl adjacent to an activating group) is 1. The summed E-state index contributed by atoms with van der Waals surface area (Å²) in [6.45, 7) is 3.10. The summed E-state index contributed by atoms with van der Waals surface area (Å²) < 4.78 is 5.65. The first-order chi connectivity index (χ1) is 9.56. The fourth-order valence-corrected chi connectivity index (χ4v) is 2.31. The molecule has 4 heteroatoms. The van der Waals surface area contributed by atoms with Gasteiger partial charge < -0.3 is 15.4 Å². The SMILES string of the molecule is Cc1cccc(OCCN(C)C(=O)C2C=CC(N)C2)c1. The van der Waals surface area contributed by atoms with Crippen LogP contribution in [-0.2, 0) is 4.79 Å². The number of benzene rings is 1. The molecule has 2 atom stereocenters. The van der Waals surface area contributed by atoms with E-state index in [0.717, 1.165) is 11.3 Å². The smallest absolute Gasteiger partial charge is 0.229 e. The molecule has 1 aliphatic carbocycles. The fraction of sp³-hybridized carbons (Fsp3) is 0.438. The molecule has 0 saturated heterocycles. The lowest BCUT2D eigenvalue weighted by molar-refractivity contribution is -0.133. The number of amides is 1. The Morgan fingerprint density at radius 1 is 1.45 bits per heavy atom. The highest BCUT2D eigenvalue weighted by Gasteiger charge is 2.25. The number of rotatable bonds is 5. The standard InChI is InChI=1S/C16H22N2O2/c1-12-4-3-5-15(10-12)20-9-8-18(2)16(19)13-6-7-14(17)11-13/h3-7,10,13-14H,8-9,11,17H2,1-2H3. The number of nitrogens with two attached hydrogens (primary N) is 1. The van der Waals surface area contributed by atoms with Gasteiger partial charge in [0.25, 0.3) is 0 Å². The van der Waals surface area contributed by atoms with Crippen LogP contribution in [0, 0.1) is 12.8 Å². The van der Waals surface area contributed by atoms with Crippen LogP contribution in [0.3, 0.4) is 0 Å². The third kappa shape index (κ3) is 3.84. The molecule has 1 aromatic carbocycles. The highest BCUT2D eigenvalue weighted by atomic mass is 16.5. The molecule has 20 heavy (non-hydrogen) atoms. The molecule has 1 amide bonds. The quantitative estimate of drug-likeness (QED) is 0.832. The first-order valence-corrected chi connectivity index (χ1v) is 6.94. The van der Waals surface area contributed by atoms with Crippen LogP contribution in [0.5, 0.6) is 5.75 Å². The summed E-state index contributed by atoms with van der Waals surface area (Å²) in [7, 11) is 1.81. The number of aryl methyl sites for hydroxylation is 1. The maximum absolute atomic E-state index is 12.2. The molecule has 108 valence electrons. The molecular weight excluding hydrogens is 252 g/mol. The Hall–Kier alpha value is -1.81. The van der Waals surface area contributed by atoms with Gasteiger partial charge in [0.2, 0.25) is 5.91 Å². The Bertz CT molecular complexity index is 499. The molecule has 0 aliphatic heterocycles. The van der Waals surface area contributed by atoms with Gasteiger partial charge in [-0.05, 0) is 31.0 Å². The van der Waals surface area contributed by atoms with Gasteiger partial charge in [-0.3, -0.25) is 4.79 Å². The van der Waals surface area contributed by atoms with Crippen molar-refractivity contribution in [2.24, 2.45) is 11.7 Å². The molecule has 0 bridgehead atoms. The van der Waals surface area contributed by atoms with Crippen molar-refractivity contribution in [2.75, 3.05) is 20.2 Å². The van der Waals surface area contributed by atoms with Gasteiger partial charge in [-0.15, -0.1) is 0 Å². The average Bonchev–Trinajstić information content (AvgIpc) is 2.84. The maximum atomic E-state index is 12.2. The Labute approximate surface area is 120 Å². The summed E-state index contributed by atoms with van der Waals surface area (Å²) in [4.78, 5) is 13.9. The second-order valence-electron chi connectivity index (χ2n) is 5.32. The third-order valence-electron chi connectivity index (χ3n) is 3.50. The first-order valence-electron chi connectivity index (χ1n) is 6.94. The van der Waals surface area contributed by atoms with Crippen molar-refractivity contribution in [3.05, 3.63) is 42.0 Å². The van der Waals surface area contributed by atoms with Gasteiger partial charge in [-0.2, -0.15) is 0 Å². The Morgan fingerprint density at radius 2 is 2.25 bits per heavy atom. The van der Waals surface area contributed by atoms with Gasteiger partial charge in [0, 0.05) is 13.1 Å². The van der Waals surface area contributed by atoms with Crippen molar-refractivity contribution in [1.82, 2.24) is 4.90 Å². The van der Waals surface area contributed by atoms with Crippen LogP contribution in [0.2, 0.25) is 0 Å². The largest absolute Gasteiger partial charge is 0.492 e. The highest BCUT2D eigenvalue weighted by molar-refractivity contribution is 5.81. The monoisotopic (exact) mass is 274 g/mol. The second-order valence-corrected chi connectivity index (χ2v) is 5.32. The lowest BCUT2D eigenvalue weighted by Crippen LogP contribution is -2.35. The van der Waals surface area contributed by atoms with E-state index in [0.29, 0.717) is 19.6 Å². The lowest BCUT2D eigenvalue weighted by atomic mass is 10.1. The molecule has 0 aromatic heterocycles. The van der Waals surface area contributed by atoms with E-state index >= 15 is 0 Å². The molecule has 0 radical (unpaired) electrons. The molecule has 1 aromatic rings. The van der Waals surface area contributed by atoms with Gasteiger partial charge in [-0.1, -0.05) is 24.3 Å². The molecule has 4 nitrogen and oxygen atoms in total. The van der Waals surface area contributed by atoms with E-state index < -0.39 is 0 Å². The number of carbonyl (C=O) groups excluding carboxylic acids is 1. The van der Waals surface area contributed by atoms with Gasteiger partial charge in [-0.25, -0.2) is 0 Å². The fourth-order valence-electron chi connectivity index (χ4n) is 2.31. The molecule has 2 rings (SSSR count). The number of carbonyl (C=O) groups is 1. The van der Waals surface area contributed by atoms with Crippen molar-refractivity contribution < 1.29 is 9.53 Å². The predicted molar refractivity (Wildman–Crippen MR) is 79.5 cm³/mol. The number of hydrogen-bond acceptors (Lipinski definition) is 3. The van der Waals surface area contributed by atoms with E-state index in [9.17, 15) is 4.79 Å². The molecule has 2 N–H and O–H groups in total. The number of hydrogen-bond donors (Lipinski definition) is 1. The summed E-state index contributed by atoms with van der Waals surface area (Å²) >= 11 is 0. The zero-order chi connectivity index (χ0) is 14.5. The van der Waals surface area contributed by atoms with Crippen LogP contribution < -0.4 is 10.5 Å². The zero-order valence-corrected chi connectivity index (χ0v) is 12.1. The lowest BCUT2D eigenvalue weighted by Gasteiger charge is -2.20. The van der Waals surface area contributed by atoms with E-state index in [4.69, 9.17) is 10.5 Å².